The first-order valence-electron chi connectivity index (χ1n) is 4.55. The van der Waals surface area contributed by atoms with E-state index in [4.69, 9.17) is 5.11 Å². The summed E-state index contributed by atoms with van der Waals surface area (Å²) < 4.78 is 0. The van der Waals surface area contributed by atoms with Crippen LogP contribution in [0.25, 0.3) is 0 Å². The van der Waals surface area contributed by atoms with Crippen LogP contribution >= 0.6 is 0 Å². The van der Waals surface area contributed by atoms with Crippen LogP contribution < -0.4 is 0 Å². The fraction of sp³-hybridized carbons (Fsp3) is 0.778. The quantitative estimate of drug-likeness (QED) is 0.696. The molecule has 1 amide bonds. The number of carbonyl (C=O) groups is 2. The average Bonchev–Trinajstić information content (AvgIpc) is 2.82. The number of carbonyl (C=O) groups excluding carboxylic acids is 1. The smallest absolute Gasteiger partial charge is 0.307 e. The first-order valence-corrected chi connectivity index (χ1v) is 4.55. The van der Waals surface area contributed by atoms with Crippen molar-refractivity contribution < 1.29 is 14.7 Å². The molecule has 1 aliphatic carbocycles. The van der Waals surface area contributed by atoms with Gasteiger partial charge in [-0.25, -0.2) is 0 Å². The molecule has 1 N–H and O–H groups in total. The third kappa shape index (κ3) is 2.20. The van der Waals surface area contributed by atoms with E-state index in [-0.39, 0.29) is 11.8 Å². The zero-order valence-electron chi connectivity index (χ0n) is 7.99. The summed E-state index contributed by atoms with van der Waals surface area (Å²) in [6.45, 7) is 2.70. The Bertz CT molecular complexity index is 227. The number of carboxylic acids is 1. The first kappa shape index (κ1) is 10.0. The number of nitrogens with zero attached hydrogens (tertiary/aromatic N) is 1. The minimum atomic E-state index is -0.844. The maximum absolute atomic E-state index is 11.5. The van der Waals surface area contributed by atoms with Crippen molar-refractivity contribution in [3.05, 3.63) is 0 Å². The molecule has 74 valence electrons. The molecule has 0 saturated heterocycles. The van der Waals surface area contributed by atoms with Gasteiger partial charge in [0.15, 0.2) is 0 Å². The molecule has 0 unspecified atom stereocenters. The molecule has 1 rings (SSSR count). The number of carboxylic acid groups (broad SMARTS) is 1. The van der Waals surface area contributed by atoms with Crippen LogP contribution in [0, 0.1) is 11.8 Å². The van der Waals surface area contributed by atoms with Crippen molar-refractivity contribution in [1.29, 1.82) is 0 Å². The van der Waals surface area contributed by atoms with Crippen molar-refractivity contribution in [3.8, 4) is 0 Å². The second-order valence-electron chi connectivity index (χ2n) is 3.55. The Morgan fingerprint density at radius 1 is 1.46 bits per heavy atom. The zero-order valence-corrected chi connectivity index (χ0v) is 7.99. The first-order chi connectivity index (χ1) is 6.07. The Labute approximate surface area is 77.5 Å². The minimum absolute atomic E-state index is 0.0192. The van der Waals surface area contributed by atoms with Gasteiger partial charge in [-0.05, 0) is 12.8 Å². The van der Waals surface area contributed by atoms with Crippen LogP contribution in [0.3, 0.4) is 0 Å². The largest absolute Gasteiger partial charge is 0.481 e. The summed E-state index contributed by atoms with van der Waals surface area (Å²) in [6, 6.07) is 0. The molecule has 1 saturated carbocycles. The van der Waals surface area contributed by atoms with Crippen LogP contribution in [-0.2, 0) is 9.59 Å². The highest BCUT2D eigenvalue weighted by atomic mass is 16.4. The Kier molecular flexibility index (Phi) is 2.90. The number of hydrogen-bond acceptors (Lipinski definition) is 2. The van der Waals surface area contributed by atoms with Crippen LogP contribution in [0.2, 0.25) is 0 Å². The van der Waals surface area contributed by atoms with Gasteiger partial charge in [0.2, 0.25) is 5.91 Å². The van der Waals surface area contributed by atoms with Gasteiger partial charge in [0.25, 0.3) is 0 Å². The van der Waals surface area contributed by atoms with Crippen LogP contribution in [0.15, 0.2) is 0 Å². The SMILES string of the molecule is CCCN(C)C(=O)[C@@H]1C[C@@H]1C(=O)O. The Hall–Kier alpha value is -1.06. The van der Waals surface area contributed by atoms with E-state index in [0.29, 0.717) is 13.0 Å². The van der Waals surface area contributed by atoms with Gasteiger partial charge < -0.3 is 10.0 Å². The molecule has 2 atom stereocenters. The second kappa shape index (κ2) is 3.77. The Morgan fingerprint density at radius 2 is 2.08 bits per heavy atom. The van der Waals surface area contributed by atoms with Crippen LogP contribution in [0.4, 0.5) is 0 Å². The van der Waals surface area contributed by atoms with Gasteiger partial charge in [-0.2, -0.15) is 0 Å². The molecule has 0 heterocycles. The summed E-state index contributed by atoms with van der Waals surface area (Å²) in [5.74, 6) is -1.54. The maximum Gasteiger partial charge on any atom is 0.307 e. The molecular weight excluding hydrogens is 170 g/mol. The lowest BCUT2D eigenvalue weighted by atomic mass is 10.3. The lowest BCUT2D eigenvalue weighted by Gasteiger charge is -2.15. The van der Waals surface area contributed by atoms with Crippen molar-refractivity contribution in [3.63, 3.8) is 0 Å². The normalized spacial score (nSPS) is 25.4. The minimum Gasteiger partial charge on any atom is -0.481 e. The van der Waals surface area contributed by atoms with E-state index >= 15 is 0 Å². The van der Waals surface area contributed by atoms with Gasteiger partial charge in [-0.3, -0.25) is 9.59 Å². The summed E-state index contributed by atoms with van der Waals surface area (Å²) in [5.41, 5.74) is 0. The predicted octanol–water partition coefficient (Wildman–Crippen LogP) is 0.575. The molecule has 1 aliphatic rings. The van der Waals surface area contributed by atoms with Crippen molar-refractivity contribution in [2.45, 2.75) is 19.8 Å². The highest BCUT2D eigenvalue weighted by molar-refractivity contribution is 5.89. The fourth-order valence-electron chi connectivity index (χ4n) is 1.47. The number of hydrogen-bond donors (Lipinski definition) is 1. The van der Waals surface area contributed by atoms with E-state index in [1.54, 1.807) is 11.9 Å². The Balaban J connectivity index is 2.38. The molecule has 4 heteroatoms. The highest BCUT2D eigenvalue weighted by Crippen LogP contribution is 2.39. The molecular formula is C9H15NO3. The van der Waals surface area contributed by atoms with Crippen LogP contribution in [-0.4, -0.2) is 35.5 Å². The summed E-state index contributed by atoms with van der Waals surface area (Å²) in [7, 11) is 1.73. The zero-order chi connectivity index (χ0) is 10.0. The molecule has 0 radical (unpaired) electrons. The molecule has 0 aliphatic heterocycles. The third-order valence-electron chi connectivity index (χ3n) is 2.36. The molecule has 0 bridgehead atoms. The second-order valence-corrected chi connectivity index (χ2v) is 3.55. The molecule has 1 fully saturated rings. The van der Waals surface area contributed by atoms with Crippen molar-refractivity contribution in [1.82, 2.24) is 4.90 Å². The molecule has 0 aromatic heterocycles. The summed E-state index contributed by atoms with van der Waals surface area (Å²) in [5, 5.41) is 8.61. The van der Waals surface area contributed by atoms with E-state index in [9.17, 15) is 9.59 Å². The molecule has 0 aromatic rings. The number of amides is 1. The predicted molar refractivity (Wildman–Crippen MR) is 47.2 cm³/mol. The Morgan fingerprint density at radius 3 is 2.46 bits per heavy atom. The van der Waals surface area contributed by atoms with Crippen molar-refractivity contribution >= 4 is 11.9 Å². The summed E-state index contributed by atoms with van der Waals surface area (Å²) >= 11 is 0. The van der Waals surface area contributed by atoms with E-state index < -0.39 is 11.9 Å². The van der Waals surface area contributed by atoms with Gasteiger partial charge in [-0.1, -0.05) is 6.92 Å². The number of aliphatic carboxylic acids is 1. The van der Waals surface area contributed by atoms with Gasteiger partial charge in [0.05, 0.1) is 11.8 Å². The molecule has 4 nitrogen and oxygen atoms in total. The summed E-state index contributed by atoms with van der Waals surface area (Å²) in [4.78, 5) is 23.6. The van der Waals surface area contributed by atoms with Crippen molar-refractivity contribution in [2.24, 2.45) is 11.8 Å². The summed E-state index contributed by atoms with van der Waals surface area (Å²) in [6.07, 6.45) is 1.43. The van der Waals surface area contributed by atoms with E-state index in [1.807, 2.05) is 6.92 Å². The lowest BCUT2D eigenvalue weighted by Crippen LogP contribution is -2.29. The highest BCUT2D eigenvalue weighted by Gasteiger charge is 2.49. The van der Waals surface area contributed by atoms with Gasteiger partial charge >= 0.3 is 5.97 Å². The van der Waals surface area contributed by atoms with Gasteiger partial charge in [0.1, 0.15) is 0 Å². The topological polar surface area (TPSA) is 57.6 Å². The van der Waals surface area contributed by atoms with Gasteiger partial charge in [-0.15, -0.1) is 0 Å². The molecule has 0 spiro atoms. The van der Waals surface area contributed by atoms with E-state index in [1.165, 1.54) is 0 Å². The van der Waals surface area contributed by atoms with Crippen LogP contribution in [0.1, 0.15) is 19.8 Å². The lowest BCUT2D eigenvalue weighted by molar-refractivity contribution is -0.141. The van der Waals surface area contributed by atoms with Crippen molar-refractivity contribution in [2.75, 3.05) is 13.6 Å². The average molecular weight is 185 g/mol. The van der Waals surface area contributed by atoms with E-state index in [2.05, 4.69) is 0 Å². The molecule has 13 heavy (non-hydrogen) atoms. The standard InChI is InChI=1S/C9H15NO3/c1-3-4-10(2)8(11)6-5-7(6)9(12)13/h6-7H,3-5H2,1-2H3,(H,12,13)/t6-,7+/m1/s1. The van der Waals surface area contributed by atoms with E-state index in [0.717, 1.165) is 6.42 Å². The third-order valence-corrected chi connectivity index (χ3v) is 2.36. The monoisotopic (exact) mass is 185 g/mol. The van der Waals surface area contributed by atoms with Crippen LogP contribution in [0.5, 0.6) is 0 Å². The van der Waals surface area contributed by atoms with Gasteiger partial charge in [0, 0.05) is 13.6 Å². The molecule has 0 aromatic carbocycles. The number of rotatable bonds is 4. The maximum atomic E-state index is 11.5. The fourth-order valence-corrected chi connectivity index (χ4v) is 1.47.